The summed E-state index contributed by atoms with van der Waals surface area (Å²) < 4.78 is 66.8. The Labute approximate surface area is 160 Å². The molecule has 2 aromatic rings. The quantitative estimate of drug-likeness (QED) is 0.686. The van der Waals surface area contributed by atoms with E-state index in [2.05, 4.69) is 19.8 Å². The highest BCUT2D eigenvalue weighted by Gasteiger charge is 2.28. The van der Waals surface area contributed by atoms with Crippen LogP contribution in [0.4, 0.5) is 24.5 Å². The Bertz CT molecular complexity index is 916. The normalized spacial score (nSPS) is 11.7. The predicted octanol–water partition coefficient (Wildman–Crippen LogP) is 3.43. The van der Waals surface area contributed by atoms with E-state index in [9.17, 15) is 26.4 Å². The van der Waals surface area contributed by atoms with E-state index in [0.717, 1.165) is 6.20 Å². The Morgan fingerprint density at radius 2 is 1.93 bits per heavy atom. The maximum Gasteiger partial charge on any atom is 0.422 e. The van der Waals surface area contributed by atoms with Crippen LogP contribution in [0.25, 0.3) is 0 Å². The maximum absolute atomic E-state index is 12.3. The van der Waals surface area contributed by atoms with Crippen molar-refractivity contribution in [2.75, 3.05) is 22.4 Å². The number of carbonyl (C=O) groups excluding carboxylic acids is 1. The van der Waals surface area contributed by atoms with Crippen molar-refractivity contribution in [2.45, 2.75) is 19.5 Å². The number of alkyl halides is 3. The standard InChI is InChI=1S/C17H18F3N3O4S/c1-2-8-28(25,26)23-13-5-3-4-12(9-13)16(24)22-14-6-7-15(21-10-14)27-11-17(18,19)20/h3-7,9-10,23H,2,8,11H2,1H3,(H,22,24). The number of nitrogens with zero attached hydrogens (tertiary/aromatic N) is 1. The molecule has 2 N–H and O–H groups in total. The smallest absolute Gasteiger partial charge is 0.422 e. The topological polar surface area (TPSA) is 97.4 Å². The number of hydrogen-bond donors (Lipinski definition) is 2. The van der Waals surface area contributed by atoms with Crippen LogP contribution in [0.1, 0.15) is 23.7 Å². The Balaban J connectivity index is 2.02. The van der Waals surface area contributed by atoms with Gasteiger partial charge in [0, 0.05) is 17.3 Å². The minimum Gasteiger partial charge on any atom is -0.468 e. The lowest BCUT2D eigenvalue weighted by Crippen LogP contribution is -2.19. The first-order valence-corrected chi connectivity index (χ1v) is 9.81. The summed E-state index contributed by atoms with van der Waals surface area (Å²) in [6.07, 6.45) is -2.87. The molecular weight excluding hydrogens is 399 g/mol. The van der Waals surface area contributed by atoms with Crippen LogP contribution < -0.4 is 14.8 Å². The van der Waals surface area contributed by atoms with Gasteiger partial charge in [0.1, 0.15) is 0 Å². The van der Waals surface area contributed by atoms with Crippen LogP contribution in [-0.2, 0) is 10.0 Å². The number of pyridine rings is 1. The molecule has 1 aromatic carbocycles. The van der Waals surface area contributed by atoms with Crippen molar-refractivity contribution in [3.63, 3.8) is 0 Å². The zero-order chi connectivity index (χ0) is 20.8. The van der Waals surface area contributed by atoms with Gasteiger partial charge in [0.05, 0.1) is 17.6 Å². The summed E-state index contributed by atoms with van der Waals surface area (Å²) in [5.74, 6) is -0.817. The Morgan fingerprint density at radius 1 is 1.18 bits per heavy atom. The zero-order valence-corrected chi connectivity index (χ0v) is 15.6. The molecule has 0 bridgehead atoms. The molecule has 0 aliphatic heterocycles. The third-order valence-corrected chi connectivity index (χ3v) is 4.74. The van der Waals surface area contributed by atoms with Gasteiger partial charge in [0.2, 0.25) is 15.9 Å². The highest BCUT2D eigenvalue weighted by atomic mass is 32.2. The molecule has 2 rings (SSSR count). The molecule has 0 unspecified atom stereocenters. The molecule has 152 valence electrons. The fraction of sp³-hybridized carbons (Fsp3) is 0.294. The van der Waals surface area contributed by atoms with Gasteiger partial charge in [-0.05, 0) is 30.7 Å². The molecular formula is C17H18F3N3O4S. The van der Waals surface area contributed by atoms with Crippen molar-refractivity contribution < 1.29 is 31.1 Å². The van der Waals surface area contributed by atoms with E-state index in [4.69, 9.17) is 0 Å². The lowest BCUT2D eigenvalue weighted by molar-refractivity contribution is -0.154. The van der Waals surface area contributed by atoms with E-state index >= 15 is 0 Å². The van der Waals surface area contributed by atoms with Crippen molar-refractivity contribution in [2.24, 2.45) is 0 Å². The number of anilines is 2. The summed E-state index contributed by atoms with van der Waals surface area (Å²) in [7, 11) is -3.49. The van der Waals surface area contributed by atoms with Crippen LogP contribution in [0.3, 0.4) is 0 Å². The number of ether oxygens (including phenoxy) is 1. The second-order valence-corrected chi connectivity index (χ2v) is 7.59. The van der Waals surface area contributed by atoms with Gasteiger partial charge in [-0.25, -0.2) is 13.4 Å². The lowest BCUT2D eigenvalue weighted by atomic mass is 10.2. The summed E-state index contributed by atoms with van der Waals surface area (Å²) >= 11 is 0. The molecule has 1 heterocycles. The van der Waals surface area contributed by atoms with Crippen molar-refractivity contribution in [3.05, 3.63) is 48.2 Å². The van der Waals surface area contributed by atoms with Gasteiger partial charge in [-0.3, -0.25) is 9.52 Å². The third kappa shape index (κ3) is 7.06. The molecule has 0 saturated carbocycles. The molecule has 1 amide bonds. The third-order valence-electron chi connectivity index (χ3n) is 3.25. The summed E-state index contributed by atoms with van der Waals surface area (Å²) in [5.41, 5.74) is 0.672. The van der Waals surface area contributed by atoms with Crippen LogP contribution in [0.2, 0.25) is 0 Å². The zero-order valence-electron chi connectivity index (χ0n) is 14.8. The van der Waals surface area contributed by atoms with Crippen LogP contribution in [0.5, 0.6) is 5.88 Å². The van der Waals surface area contributed by atoms with Crippen molar-refractivity contribution in [1.29, 1.82) is 0 Å². The number of hydrogen-bond acceptors (Lipinski definition) is 5. The number of amides is 1. The average Bonchev–Trinajstić information content (AvgIpc) is 2.60. The first-order chi connectivity index (χ1) is 13.1. The number of benzene rings is 1. The van der Waals surface area contributed by atoms with Crippen LogP contribution >= 0.6 is 0 Å². The van der Waals surface area contributed by atoms with Crippen molar-refractivity contribution in [3.8, 4) is 5.88 Å². The Morgan fingerprint density at radius 3 is 2.54 bits per heavy atom. The molecule has 0 spiro atoms. The molecule has 0 aliphatic carbocycles. The SMILES string of the molecule is CCCS(=O)(=O)Nc1cccc(C(=O)Nc2ccc(OCC(F)(F)F)nc2)c1. The van der Waals surface area contributed by atoms with Gasteiger partial charge in [0.25, 0.3) is 5.91 Å². The minimum atomic E-state index is -4.47. The molecule has 0 atom stereocenters. The van der Waals surface area contributed by atoms with Crippen molar-refractivity contribution in [1.82, 2.24) is 4.98 Å². The molecule has 0 saturated heterocycles. The van der Waals surface area contributed by atoms with Gasteiger partial charge < -0.3 is 10.1 Å². The summed E-state index contributed by atoms with van der Waals surface area (Å²) in [6, 6.07) is 8.42. The number of halogens is 3. The molecule has 1 aromatic heterocycles. The lowest BCUT2D eigenvalue weighted by Gasteiger charge is -2.10. The number of nitrogens with one attached hydrogen (secondary N) is 2. The van der Waals surface area contributed by atoms with Crippen LogP contribution in [0, 0.1) is 0 Å². The van der Waals surface area contributed by atoms with Crippen LogP contribution in [0.15, 0.2) is 42.6 Å². The number of aromatic nitrogens is 1. The van der Waals surface area contributed by atoms with Gasteiger partial charge in [-0.1, -0.05) is 13.0 Å². The molecule has 0 radical (unpaired) electrons. The minimum absolute atomic E-state index is 0.0438. The number of sulfonamides is 1. The first-order valence-electron chi connectivity index (χ1n) is 8.15. The monoisotopic (exact) mass is 417 g/mol. The van der Waals surface area contributed by atoms with E-state index < -0.39 is 28.7 Å². The van der Waals surface area contributed by atoms with E-state index in [1.165, 1.54) is 36.4 Å². The largest absolute Gasteiger partial charge is 0.468 e. The van der Waals surface area contributed by atoms with E-state index in [-0.39, 0.29) is 28.6 Å². The highest BCUT2D eigenvalue weighted by Crippen LogP contribution is 2.19. The Kier molecular flexibility index (Phi) is 6.84. The fourth-order valence-electron chi connectivity index (χ4n) is 2.12. The van der Waals surface area contributed by atoms with Gasteiger partial charge in [-0.15, -0.1) is 0 Å². The Hall–Kier alpha value is -2.82. The molecule has 0 aliphatic rings. The fourth-order valence-corrected chi connectivity index (χ4v) is 3.25. The van der Waals surface area contributed by atoms with Gasteiger partial charge in [-0.2, -0.15) is 13.2 Å². The number of carbonyl (C=O) groups is 1. The maximum atomic E-state index is 12.3. The summed E-state index contributed by atoms with van der Waals surface area (Å²) in [4.78, 5) is 16.0. The summed E-state index contributed by atoms with van der Waals surface area (Å²) in [6.45, 7) is 0.267. The first kappa shape index (κ1) is 21.5. The second-order valence-electron chi connectivity index (χ2n) is 5.74. The van der Waals surface area contributed by atoms with Crippen molar-refractivity contribution >= 4 is 27.3 Å². The van der Waals surface area contributed by atoms with E-state index in [0.29, 0.717) is 6.42 Å². The van der Waals surface area contributed by atoms with E-state index in [1.807, 2.05) is 0 Å². The van der Waals surface area contributed by atoms with Gasteiger partial charge in [0.15, 0.2) is 6.61 Å². The summed E-state index contributed by atoms with van der Waals surface area (Å²) in [5, 5.41) is 2.52. The second kappa shape index (κ2) is 8.91. The average molecular weight is 417 g/mol. The van der Waals surface area contributed by atoms with E-state index in [1.54, 1.807) is 6.92 Å². The molecule has 7 nitrogen and oxygen atoms in total. The molecule has 28 heavy (non-hydrogen) atoms. The molecule has 0 fully saturated rings. The number of rotatable bonds is 8. The van der Waals surface area contributed by atoms with Crippen LogP contribution in [-0.4, -0.2) is 37.8 Å². The van der Waals surface area contributed by atoms with Gasteiger partial charge >= 0.3 is 6.18 Å². The molecule has 11 heteroatoms. The highest BCUT2D eigenvalue weighted by molar-refractivity contribution is 7.92. The predicted molar refractivity (Wildman–Crippen MR) is 97.9 cm³/mol.